The van der Waals surface area contributed by atoms with Crippen LogP contribution >= 0.6 is 12.6 Å². The van der Waals surface area contributed by atoms with Crippen LogP contribution in [0.25, 0.3) is 0 Å². The van der Waals surface area contributed by atoms with Crippen LogP contribution in [0.5, 0.6) is 0 Å². The van der Waals surface area contributed by atoms with Crippen molar-refractivity contribution in [3.8, 4) is 0 Å². The highest BCUT2D eigenvalue weighted by atomic mass is 32.1. The first-order valence-electron chi connectivity index (χ1n) is 13.6. The Morgan fingerprint density at radius 3 is 2.62 bits per heavy atom. The molecular weight excluding hydrogens is 476 g/mol. The zero-order valence-electron chi connectivity index (χ0n) is 23.2. The van der Waals surface area contributed by atoms with E-state index in [1.807, 2.05) is 6.07 Å². The number of hydrogen-bond acceptors (Lipinski definition) is 4. The van der Waals surface area contributed by atoms with Gasteiger partial charge < -0.3 is 15.3 Å². The number of carbonyl (C=O) groups is 1. The van der Waals surface area contributed by atoms with Crippen LogP contribution in [0, 0.1) is 0 Å². The topological polar surface area (TPSA) is 52.6 Å². The average Bonchev–Trinajstić information content (AvgIpc) is 3.06. The minimum absolute atomic E-state index is 0.0203. The molecule has 5 heteroatoms. The van der Waals surface area contributed by atoms with E-state index in [0.29, 0.717) is 0 Å². The van der Waals surface area contributed by atoms with Crippen LogP contribution in [0.2, 0.25) is 0 Å². The molecule has 0 amide bonds. The molecule has 1 aliphatic rings. The summed E-state index contributed by atoms with van der Waals surface area (Å²) in [5.41, 5.74) is 6.38. The van der Waals surface area contributed by atoms with Gasteiger partial charge in [0.1, 0.15) is 0 Å². The lowest BCUT2D eigenvalue weighted by Crippen LogP contribution is -2.26. The van der Waals surface area contributed by atoms with Crippen molar-refractivity contribution >= 4 is 30.0 Å². The summed E-state index contributed by atoms with van der Waals surface area (Å²) in [6.45, 7) is 13.3. The molecule has 0 aromatic heterocycles. The molecule has 3 rings (SSSR count). The first-order chi connectivity index (χ1) is 17.6. The molecule has 0 radical (unpaired) electrons. The monoisotopic (exact) mass is 520 g/mol. The Hall–Kier alpha value is -2.66. The van der Waals surface area contributed by atoms with Crippen LogP contribution in [-0.4, -0.2) is 24.2 Å². The maximum absolute atomic E-state index is 10.7. The maximum Gasteiger partial charge on any atom is 0.303 e. The average molecular weight is 521 g/mol. The fraction of sp³-hybridized carbons (Fsp3) is 0.469. The van der Waals surface area contributed by atoms with Gasteiger partial charge in [-0.05, 0) is 72.6 Å². The van der Waals surface area contributed by atoms with Crippen LogP contribution in [0.4, 0.5) is 11.4 Å². The van der Waals surface area contributed by atoms with Crippen LogP contribution in [0.3, 0.4) is 0 Å². The fourth-order valence-corrected chi connectivity index (χ4v) is 5.49. The van der Waals surface area contributed by atoms with E-state index in [1.165, 1.54) is 22.5 Å². The summed E-state index contributed by atoms with van der Waals surface area (Å²) < 4.78 is 0. The van der Waals surface area contributed by atoms with Gasteiger partial charge in [0.25, 0.3) is 0 Å². The molecular formula is C32H44N2O2S. The summed E-state index contributed by atoms with van der Waals surface area (Å²) in [6.07, 6.45) is 11.7. The largest absolute Gasteiger partial charge is 0.481 e. The van der Waals surface area contributed by atoms with E-state index in [2.05, 4.69) is 112 Å². The third kappa shape index (κ3) is 7.22. The summed E-state index contributed by atoms with van der Waals surface area (Å²) in [7, 11) is 0. The zero-order valence-corrected chi connectivity index (χ0v) is 24.1. The molecule has 0 unspecified atom stereocenters. The van der Waals surface area contributed by atoms with Crippen molar-refractivity contribution in [2.45, 2.75) is 88.9 Å². The van der Waals surface area contributed by atoms with Gasteiger partial charge >= 0.3 is 5.97 Å². The Kier molecular flexibility index (Phi) is 9.94. The number of benzene rings is 2. The lowest BCUT2D eigenvalue weighted by atomic mass is 9.80. The molecule has 0 saturated carbocycles. The van der Waals surface area contributed by atoms with Gasteiger partial charge in [-0.3, -0.25) is 4.79 Å². The number of carboxylic acid groups (broad SMARTS) is 1. The maximum atomic E-state index is 10.7. The van der Waals surface area contributed by atoms with E-state index in [0.717, 1.165) is 55.8 Å². The number of aliphatic carboxylic acids is 1. The van der Waals surface area contributed by atoms with Gasteiger partial charge in [0.15, 0.2) is 0 Å². The highest BCUT2D eigenvalue weighted by Crippen LogP contribution is 2.47. The summed E-state index contributed by atoms with van der Waals surface area (Å²) in [6, 6.07) is 15.1. The predicted molar refractivity (Wildman–Crippen MR) is 160 cm³/mol. The Labute approximate surface area is 229 Å². The van der Waals surface area contributed by atoms with E-state index in [4.69, 9.17) is 5.11 Å². The molecule has 2 N–H and O–H groups in total. The number of unbranched alkanes of at least 4 members (excludes halogenated alkanes) is 2. The standard InChI is InChI=1S/C32H44N2O2S/c1-6-22-34-28-15-10-9-14-25(28)32(4,5)29(34)16-11-12-20-31(2,3)26-23-24(37)18-19-27(26)33-21-13-7-8-17-30(35)36/h9-12,14-16,18-19,23,33,37H,6-8,13,17,20-22H2,1-5H3,(H,35,36)/b12-11+,29-16+. The van der Waals surface area contributed by atoms with E-state index >= 15 is 0 Å². The van der Waals surface area contributed by atoms with Crippen molar-refractivity contribution in [2.24, 2.45) is 0 Å². The van der Waals surface area contributed by atoms with Crippen molar-refractivity contribution < 1.29 is 9.90 Å². The Morgan fingerprint density at radius 2 is 1.89 bits per heavy atom. The fourth-order valence-electron chi connectivity index (χ4n) is 5.28. The van der Waals surface area contributed by atoms with Crippen molar-refractivity contribution in [3.63, 3.8) is 0 Å². The Balaban J connectivity index is 1.71. The molecule has 0 aliphatic carbocycles. The number of fused-ring (bicyclic) bond motifs is 1. The number of hydrogen-bond donors (Lipinski definition) is 3. The molecule has 0 spiro atoms. The lowest BCUT2D eigenvalue weighted by Gasteiger charge is -2.28. The predicted octanol–water partition coefficient (Wildman–Crippen LogP) is 8.35. The number of para-hydroxylation sites is 1. The van der Waals surface area contributed by atoms with Gasteiger partial charge in [-0.1, -0.05) is 71.4 Å². The van der Waals surface area contributed by atoms with E-state index in [9.17, 15) is 4.79 Å². The molecule has 37 heavy (non-hydrogen) atoms. The second kappa shape index (κ2) is 12.7. The van der Waals surface area contributed by atoms with Crippen molar-refractivity contribution in [2.75, 3.05) is 23.3 Å². The number of anilines is 2. The lowest BCUT2D eigenvalue weighted by molar-refractivity contribution is -0.137. The highest BCUT2D eigenvalue weighted by Gasteiger charge is 2.39. The number of nitrogens with zero attached hydrogens (tertiary/aromatic N) is 1. The smallest absolute Gasteiger partial charge is 0.303 e. The molecule has 1 aliphatic heterocycles. The summed E-state index contributed by atoms with van der Waals surface area (Å²) in [5.74, 6) is -0.718. The summed E-state index contributed by atoms with van der Waals surface area (Å²) >= 11 is 4.62. The quantitative estimate of drug-likeness (QED) is 0.183. The number of thiol groups is 1. The summed E-state index contributed by atoms with van der Waals surface area (Å²) in [4.78, 5) is 14.2. The van der Waals surface area contributed by atoms with Crippen LogP contribution in [0.15, 0.2) is 71.3 Å². The molecule has 2 aromatic rings. The third-order valence-corrected chi connectivity index (χ3v) is 7.66. The Bertz CT molecular complexity index is 1130. The van der Waals surface area contributed by atoms with Crippen molar-refractivity contribution in [1.29, 1.82) is 0 Å². The van der Waals surface area contributed by atoms with Crippen molar-refractivity contribution in [3.05, 3.63) is 77.5 Å². The highest BCUT2D eigenvalue weighted by molar-refractivity contribution is 7.80. The minimum atomic E-state index is -0.718. The third-order valence-electron chi connectivity index (χ3n) is 7.38. The molecule has 0 atom stereocenters. The SMILES string of the molecule is CCCN1/C(=C/C=C/CC(C)(C)c2cc(S)ccc2NCCCCCC(=O)O)C(C)(C)c2ccccc21. The molecule has 4 nitrogen and oxygen atoms in total. The minimum Gasteiger partial charge on any atom is -0.481 e. The van der Waals surface area contributed by atoms with Crippen LogP contribution < -0.4 is 10.2 Å². The molecule has 200 valence electrons. The van der Waals surface area contributed by atoms with Gasteiger partial charge in [0.2, 0.25) is 0 Å². The summed E-state index contributed by atoms with van der Waals surface area (Å²) in [5, 5.41) is 12.4. The first-order valence-corrected chi connectivity index (χ1v) is 14.1. The van der Waals surface area contributed by atoms with Gasteiger partial charge in [0.05, 0.1) is 0 Å². The van der Waals surface area contributed by atoms with Gasteiger partial charge in [-0.25, -0.2) is 0 Å². The number of allylic oxidation sites excluding steroid dienone is 4. The van der Waals surface area contributed by atoms with E-state index in [1.54, 1.807) is 0 Å². The van der Waals surface area contributed by atoms with Crippen LogP contribution in [0.1, 0.15) is 84.3 Å². The molecule has 0 bridgehead atoms. The van der Waals surface area contributed by atoms with Crippen molar-refractivity contribution in [1.82, 2.24) is 0 Å². The Morgan fingerprint density at radius 1 is 1.14 bits per heavy atom. The number of rotatable bonds is 13. The molecule has 1 heterocycles. The number of carboxylic acids is 1. The van der Waals surface area contributed by atoms with E-state index < -0.39 is 5.97 Å². The second-order valence-corrected chi connectivity index (χ2v) is 11.7. The van der Waals surface area contributed by atoms with Gasteiger partial charge in [-0.2, -0.15) is 0 Å². The normalized spacial score (nSPS) is 15.9. The van der Waals surface area contributed by atoms with Gasteiger partial charge in [0, 0.05) is 46.9 Å². The first kappa shape index (κ1) is 28.9. The van der Waals surface area contributed by atoms with E-state index in [-0.39, 0.29) is 17.3 Å². The molecule has 0 saturated heterocycles. The second-order valence-electron chi connectivity index (χ2n) is 11.2. The van der Waals surface area contributed by atoms with Gasteiger partial charge in [-0.15, -0.1) is 12.6 Å². The zero-order chi connectivity index (χ0) is 27.1. The number of nitrogens with one attached hydrogen (secondary N) is 1. The van der Waals surface area contributed by atoms with Crippen LogP contribution in [-0.2, 0) is 15.6 Å². The molecule has 0 fully saturated rings. The molecule has 2 aromatic carbocycles.